The minimum atomic E-state index is -0.507. The molecule has 2 atom stereocenters. The van der Waals surface area contributed by atoms with Crippen molar-refractivity contribution in [2.45, 2.75) is 91.8 Å². The third kappa shape index (κ3) is 5.33. The van der Waals surface area contributed by atoms with E-state index < -0.39 is 5.60 Å². The lowest BCUT2D eigenvalue weighted by molar-refractivity contribution is -0.128. The first-order valence-corrected chi connectivity index (χ1v) is 7.96. The number of hydrogen-bond donors (Lipinski definition) is 0. The lowest BCUT2D eigenvalue weighted by atomic mass is 9.84. The van der Waals surface area contributed by atoms with Crippen molar-refractivity contribution in [3.8, 4) is 0 Å². The number of ether oxygens (including phenoxy) is 1. The Bertz CT molecular complexity index is 390. The number of hydrogen-bond acceptors (Lipinski definition) is 3. The van der Waals surface area contributed by atoms with Crippen LogP contribution in [0, 0.1) is 5.41 Å². The van der Waals surface area contributed by atoms with Crippen molar-refractivity contribution in [3.63, 3.8) is 0 Å². The van der Waals surface area contributed by atoms with Crippen LogP contribution < -0.4 is 0 Å². The Morgan fingerprint density at radius 1 is 1.10 bits per heavy atom. The fourth-order valence-corrected chi connectivity index (χ4v) is 2.65. The van der Waals surface area contributed by atoms with E-state index in [0.717, 1.165) is 19.3 Å². The Kier molecular flexibility index (Phi) is 5.46. The van der Waals surface area contributed by atoms with Crippen LogP contribution in [0.1, 0.15) is 74.1 Å². The molecule has 0 aromatic carbocycles. The van der Waals surface area contributed by atoms with E-state index in [1.165, 1.54) is 0 Å². The summed E-state index contributed by atoms with van der Waals surface area (Å²) in [5, 5.41) is 0. The minimum absolute atomic E-state index is 0.0321. The van der Waals surface area contributed by atoms with Gasteiger partial charge < -0.3 is 9.64 Å². The second-order valence-corrected chi connectivity index (χ2v) is 8.20. The van der Waals surface area contributed by atoms with Gasteiger partial charge in [-0.3, -0.25) is 4.79 Å². The number of Topliss-reactive ketones (excluding diaryl/α,β-unsaturated/α-hetero) is 1. The summed E-state index contributed by atoms with van der Waals surface area (Å²) in [5.74, 6) is 0.204. The molecule has 21 heavy (non-hydrogen) atoms. The summed E-state index contributed by atoms with van der Waals surface area (Å²) in [4.78, 5) is 26.6. The second-order valence-electron chi connectivity index (χ2n) is 8.20. The zero-order valence-electron chi connectivity index (χ0n) is 14.7. The SMILES string of the molecule is CC1CCCC(CC(=O)C(C)(C)C)N1C(=O)OC(C)(C)C. The molecule has 1 amide bonds. The maximum absolute atomic E-state index is 12.5. The van der Waals surface area contributed by atoms with E-state index in [0.29, 0.717) is 6.42 Å². The Balaban J connectivity index is 2.84. The summed E-state index contributed by atoms with van der Waals surface area (Å²) in [6.45, 7) is 13.4. The predicted octanol–water partition coefficient (Wildman–Crippen LogP) is 4.17. The number of likely N-dealkylation sites (tertiary alicyclic amines) is 1. The maximum Gasteiger partial charge on any atom is 0.410 e. The topological polar surface area (TPSA) is 46.6 Å². The van der Waals surface area contributed by atoms with Crippen molar-refractivity contribution in [2.75, 3.05) is 0 Å². The van der Waals surface area contributed by atoms with Crippen LogP contribution >= 0.6 is 0 Å². The number of rotatable bonds is 2. The van der Waals surface area contributed by atoms with Gasteiger partial charge in [0.1, 0.15) is 11.4 Å². The number of piperidine rings is 1. The first-order chi connectivity index (χ1) is 9.42. The molecule has 0 saturated carbocycles. The highest BCUT2D eigenvalue weighted by atomic mass is 16.6. The number of carbonyl (C=O) groups is 2. The molecule has 1 heterocycles. The van der Waals surface area contributed by atoms with Crippen LogP contribution in [0.3, 0.4) is 0 Å². The van der Waals surface area contributed by atoms with Gasteiger partial charge in [-0.25, -0.2) is 4.79 Å². The summed E-state index contributed by atoms with van der Waals surface area (Å²) in [6.07, 6.45) is 3.04. The standard InChI is InChI=1S/C17H31NO3/c1-12-9-8-10-13(11-14(19)16(2,3)4)18(12)15(20)21-17(5,6)7/h12-13H,8-11H2,1-7H3. The van der Waals surface area contributed by atoms with E-state index in [-0.39, 0.29) is 29.4 Å². The Morgan fingerprint density at radius 2 is 1.67 bits per heavy atom. The fourth-order valence-electron chi connectivity index (χ4n) is 2.65. The molecule has 0 radical (unpaired) electrons. The van der Waals surface area contributed by atoms with Crippen LogP contribution in [0.4, 0.5) is 4.79 Å². The van der Waals surface area contributed by atoms with Crippen molar-refractivity contribution in [3.05, 3.63) is 0 Å². The molecule has 0 aliphatic carbocycles. The van der Waals surface area contributed by atoms with Crippen LogP contribution in [0.2, 0.25) is 0 Å². The van der Waals surface area contributed by atoms with Gasteiger partial charge in [0.2, 0.25) is 0 Å². The molecule has 4 nitrogen and oxygen atoms in total. The van der Waals surface area contributed by atoms with Gasteiger partial charge >= 0.3 is 6.09 Å². The molecule has 122 valence electrons. The highest BCUT2D eigenvalue weighted by Crippen LogP contribution is 2.29. The molecule has 0 aromatic rings. The summed E-state index contributed by atoms with van der Waals surface area (Å²) in [5.41, 5.74) is -0.868. The van der Waals surface area contributed by atoms with Gasteiger partial charge in [0, 0.05) is 23.9 Å². The van der Waals surface area contributed by atoms with Gasteiger partial charge in [-0.05, 0) is 47.0 Å². The molecular weight excluding hydrogens is 266 g/mol. The number of carbonyl (C=O) groups excluding carboxylic acids is 2. The Hall–Kier alpha value is -1.06. The van der Waals surface area contributed by atoms with E-state index in [2.05, 4.69) is 0 Å². The summed E-state index contributed by atoms with van der Waals surface area (Å²) in [7, 11) is 0. The molecule has 0 N–H and O–H groups in total. The molecular formula is C17H31NO3. The summed E-state index contributed by atoms with van der Waals surface area (Å²) < 4.78 is 5.52. The third-order valence-corrected chi connectivity index (χ3v) is 3.89. The highest BCUT2D eigenvalue weighted by molar-refractivity contribution is 5.84. The molecule has 0 bridgehead atoms. The molecule has 1 aliphatic rings. The first kappa shape index (κ1) is 18.0. The van der Waals surface area contributed by atoms with Gasteiger partial charge in [-0.2, -0.15) is 0 Å². The quantitative estimate of drug-likeness (QED) is 0.768. The van der Waals surface area contributed by atoms with E-state index in [1.807, 2.05) is 48.5 Å². The molecule has 1 aliphatic heterocycles. The fraction of sp³-hybridized carbons (Fsp3) is 0.882. The lowest BCUT2D eigenvalue weighted by Crippen LogP contribution is -2.51. The van der Waals surface area contributed by atoms with Crippen molar-refractivity contribution in [1.29, 1.82) is 0 Å². The van der Waals surface area contributed by atoms with E-state index >= 15 is 0 Å². The largest absolute Gasteiger partial charge is 0.444 e. The molecule has 0 aromatic heterocycles. The van der Waals surface area contributed by atoms with Crippen molar-refractivity contribution >= 4 is 11.9 Å². The predicted molar refractivity (Wildman–Crippen MR) is 84.3 cm³/mol. The van der Waals surface area contributed by atoms with E-state index in [1.54, 1.807) is 4.90 Å². The minimum Gasteiger partial charge on any atom is -0.444 e. The zero-order chi connectivity index (χ0) is 16.4. The summed E-state index contributed by atoms with van der Waals surface area (Å²) in [6, 6.07) is 0.0988. The molecule has 2 unspecified atom stereocenters. The average Bonchev–Trinajstić information content (AvgIpc) is 2.24. The summed E-state index contributed by atoms with van der Waals surface area (Å²) >= 11 is 0. The second kappa shape index (κ2) is 6.37. The van der Waals surface area contributed by atoms with Crippen LogP contribution in [0.15, 0.2) is 0 Å². The van der Waals surface area contributed by atoms with Crippen molar-refractivity contribution in [1.82, 2.24) is 4.90 Å². The van der Waals surface area contributed by atoms with Gasteiger partial charge in [0.05, 0.1) is 0 Å². The molecule has 1 saturated heterocycles. The van der Waals surface area contributed by atoms with Crippen LogP contribution in [-0.4, -0.2) is 34.5 Å². The average molecular weight is 297 g/mol. The normalized spacial score (nSPS) is 23.9. The number of ketones is 1. The molecule has 0 spiro atoms. The van der Waals surface area contributed by atoms with Crippen LogP contribution in [-0.2, 0) is 9.53 Å². The lowest BCUT2D eigenvalue weighted by Gasteiger charge is -2.41. The van der Waals surface area contributed by atoms with Crippen molar-refractivity contribution in [2.24, 2.45) is 5.41 Å². The Morgan fingerprint density at radius 3 is 2.14 bits per heavy atom. The van der Waals surface area contributed by atoms with E-state index in [4.69, 9.17) is 4.74 Å². The van der Waals surface area contributed by atoms with E-state index in [9.17, 15) is 9.59 Å². The van der Waals surface area contributed by atoms with Gasteiger partial charge in [-0.15, -0.1) is 0 Å². The van der Waals surface area contributed by atoms with Gasteiger partial charge in [-0.1, -0.05) is 20.8 Å². The monoisotopic (exact) mass is 297 g/mol. The number of amides is 1. The maximum atomic E-state index is 12.5. The first-order valence-electron chi connectivity index (χ1n) is 7.96. The van der Waals surface area contributed by atoms with Gasteiger partial charge in [0.25, 0.3) is 0 Å². The van der Waals surface area contributed by atoms with Crippen LogP contribution in [0.25, 0.3) is 0 Å². The Labute approximate surface area is 129 Å². The molecule has 4 heteroatoms. The van der Waals surface area contributed by atoms with Gasteiger partial charge in [0.15, 0.2) is 0 Å². The third-order valence-electron chi connectivity index (χ3n) is 3.89. The highest BCUT2D eigenvalue weighted by Gasteiger charge is 2.37. The molecule has 1 rings (SSSR count). The van der Waals surface area contributed by atoms with Crippen molar-refractivity contribution < 1.29 is 14.3 Å². The zero-order valence-corrected chi connectivity index (χ0v) is 14.7. The smallest absolute Gasteiger partial charge is 0.410 e. The number of nitrogens with zero attached hydrogens (tertiary/aromatic N) is 1. The molecule has 1 fully saturated rings. The van der Waals surface area contributed by atoms with Crippen LogP contribution in [0.5, 0.6) is 0 Å².